The van der Waals surface area contributed by atoms with Gasteiger partial charge in [0.05, 0.1) is 16.7 Å². The summed E-state index contributed by atoms with van der Waals surface area (Å²) in [5.41, 5.74) is 9.28. The number of carbonyl (C=O) groups is 1. The summed E-state index contributed by atoms with van der Waals surface area (Å²) in [6.45, 7) is 9.82. The average Bonchev–Trinajstić information content (AvgIpc) is 2.96. The Morgan fingerprint density at radius 2 is 2.00 bits per heavy atom. The molecule has 1 aromatic heterocycles. The van der Waals surface area contributed by atoms with Crippen molar-refractivity contribution in [3.05, 3.63) is 47.7 Å². The summed E-state index contributed by atoms with van der Waals surface area (Å²) in [4.78, 5) is 22.1. The third-order valence-electron chi connectivity index (χ3n) is 3.97. The number of rotatable bonds is 7. The van der Waals surface area contributed by atoms with Gasteiger partial charge < -0.3 is 20.9 Å². The fraction of sp³-hybridized carbons (Fsp3) is 0.400. The molecule has 0 aliphatic heterocycles. The number of H-pyrrole nitrogens is 1. The molecular formula is C20H29N5O. The van der Waals surface area contributed by atoms with E-state index in [4.69, 9.17) is 5.73 Å². The van der Waals surface area contributed by atoms with Gasteiger partial charge in [-0.3, -0.25) is 4.79 Å². The van der Waals surface area contributed by atoms with E-state index in [1.165, 1.54) is 0 Å². The van der Waals surface area contributed by atoms with Gasteiger partial charge >= 0.3 is 0 Å². The van der Waals surface area contributed by atoms with Crippen LogP contribution in [0.1, 0.15) is 50.8 Å². The van der Waals surface area contributed by atoms with Crippen LogP contribution in [0.3, 0.4) is 0 Å². The van der Waals surface area contributed by atoms with Crippen LogP contribution in [0.15, 0.2) is 36.3 Å². The van der Waals surface area contributed by atoms with E-state index in [2.05, 4.69) is 15.3 Å². The second-order valence-electron chi connectivity index (χ2n) is 7.00. The number of aromatic nitrogens is 2. The average molecular weight is 355 g/mol. The fourth-order valence-corrected chi connectivity index (χ4v) is 2.77. The molecule has 0 aliphatic carbocycles. The van der Waals surface area contributed by atoms with Gasteiger partial charge in [0.25, 0.3) is 0 Å². The number of benzene rings is 1. The van der Waals surface area contributed by atoms with Crippen LogP contribution in [0, 0.1) is 5.92 Å². The molecule has 0 atom stereocenters. The normalized spacial score (nSPS) is 12.9. The number of fused-ring (bicyclic) bond motifs is 1. The van der Waals surface area contributed by atoms with Gasteiger partial charge in [0.15, 0.2) is 11.6 Å². The first-order valence-corrected chi connectivity index (χ1v) is 8.90. The Morgan fingerprint density at radius 3 is 2.58 bits per heavy atom. The van der Waals surface area contributed by atoms with Crippen LogP contribution in [-0.4, -0.2) is 33.7 Å². The fourth-order valence-electron chi connectivity index (χ4n) is 2.77. The van der Waals surface area contributed by atoms with Crippen LogP contribution in [0.2, 0.25) is 0 Å². The number of nitrogens with zero attached hydrogens (tertiary/aromatic N) is 2. The quantitative estimate of drug-likeness (QED) is 0.662. The van der Waals surface area contributed by atoms with Crippen molar-refractivity contribution in [3.63, 3.8) is 0 Å². The second-order valence-corrected chi connectivity index (χ2v) is 7.00. The molecule has 4 N–H and O–H groups in total. The second kappa shape index (κ2) is 8.08. The lowest BCUT2D eigenvalue weighted by Gasteiger charge is -2.19. The monoisotopic (exact) mass is 355 g/mol. The Labute approximate surface area is 155 Å². The number of ketones is 1. The van der Waals surface area contributed by atoms with E-state index in [0.29, 0.717) is 11.4 Å². The van der Waals surface area contributed by atoms with E-state index in [1.54, 1.807) is 0 Å². The molecule has 1 heterocycles. The zero-order valence-electron chi connectivity index (χ0n) is 16.4. The SMILES string of the molecule is C/C=C(/c1nc2ccc(C(=O)C(C)C)cc2[nH]1)N(C)/C=C(\N)NC(C)C. The molecule has 0 saturated carbocycles. The summed E-state index contributed by atoms with van der Waals surface area (Å²) in [5, 5.41) is 3.16. The van der Waals surface area contributed by atoms with Gasteiger partial charge in [0, 0.05) is 30.8 Å². The lowest BCUT2D eigenvalue weighted by molar-refractivity contribution is 0.0939. The Hall–Kier alpha value is -2.76. The van der Waals surface area contributed by atoms with Crippen molar-refractivity contribution in [3.8, 4) is 0 Å². The molecule has 0 aliphatic rings. The Bertz CT molecular complexity index is 845. The first-order valence-electron chi connectivity index (χ1n) is 8.90. The molecule has 0 amide bonds. The van der Waals surface area contributed by atoms with Crippen LogP contribution in [0.5, 0.6) is 0 Å². The van der Waals surface area contributed by atoms with E-state index in [0.717, 1.165) is 22.6 Å². The molecule has 2 rings (SSSR count). The van der Waals surface area contributed by atoms with Gasteiger partial charge in [0.1, 0.15) is 5.82 Å². The van der Waals surface area contributed by atoms with E-state index in [9.17, 15) is 4.79 Å². The van der Waals surface area contributed by atoms with Crippen molar-refractivity contribution >= 4 is 22.5 Å². The number of hydrogen-bond donors (Lipinski definition) is 3. The van der Waals surface area contributed by atoms with Gasteiger partial charge in [0.2, 0.25) is 0 Å². The highest BCUT2D eigenvalue weighted by molar-refractivity contribution is 6.00. The molecule has 6 nitrogen and oxygen atoms in total. The van der Waals surface area contributed by atoms with Crippen LogP contribution in [-0.2, 0) is 0 Å². The smallest absolute Gasteiger partial charge is 0.165 e. The predicted octanol–water partition coefficient (Wildman–Crippen LogP) is 3.45. The molecule has 0 spiro atoms. The number of nitrogens with two attached hydrogens (primary N) is 1. The Kier molecular flexibility index (Phi) is 6.08. The highest BCUT2D eigenvalue weighted by Crippen LogP contribution is 2.22. The summed E-state index contributed by atoms with van der Waals surface area (Å²) in [5.74, 6) is 1.41. The zero-order chi connectivity index (χ0) is 19.4. The summed E-state index contributed by atoms with van der Waals surface area (Å²) in [6, 6.07) is 5.84. The molecule has 0 saturated heterocycles. The van der Waals surface area contributed by atoms with E-state index >= 15 is 0 Å². The number of carbonyl (C=O) groups excluding carboxylic acids is 1. The van der Waals surface area contributed by atoms with Crippen LogP contribution < -0.4 is 11.1 Å². The first kappa shape index (κ1) is 19.6. The van der Waals surface area contributed by atoms with Crippen LogP contribution in [0.25, 0.3) is 16.7 Å². The van der Waals surface area contributed by atoms with Crippen molar-refractivity contribution in [2.24, 2.45) is 11.7 Å². The maximum atomic E-state index is 12.2. The van der Waals surface area contributed by atoms with Gasteiger partial charge in [-0.05, 0) is 39.0 Å². The standard InChI is InChI=1S/C20H29N5O/c1-7-17(25(6)11-18(21)22-13(4)5)20-23-15-9-8-14(10-16(15)24-20)19(26)12(2)3/h7-13,22H,21H2,1-6H3,(H,23,24)/b17-7-,18-11+. The zero-order valence-corrected chi connectivity index (χ0v) is 16.4. The summed E-state index contributed by atoms with van der Waals surface area (Å²) >= 11 is 0. The van der Waals surface area contributed by atoms with Gasteiger partial charge in [-0.1, -0.05) is 19.9 Å². The molecule has 6 heteroatoms. The number of hydrogen-bond acceptors (Lipinski definition) is 5. The van der Waals surface area contributed by atoms with Gasteiger partial charge in [-0.15, -0.1) is 0 Å². The number of aromatic amines is 1. The Balaban J connectivity index is 2.34. The maximum absolute atomic E-state index is 12.2. The first-order chi connectivity index (χ1) is 12.2. The minimum atomic E-state index is -0.0337. The van der Waals surface area contributed by atoms with Crippen LogP contribution >= 0.6 is 0 Å². The largest absolute Gasteiger partial charge is 0.384 e. The number of Topliss-reactive ketones (excluding diaryl/α,β-unsaturated/α-hetero) is 1. The van der Waals surface area contributed by atoms with E-state index in [-0.39, 0.29) is 17.7 Å². The number of imidazole rings is 1. The molecule has 26 heavy (non-hydrogen) atoms. The lowest BCUT2D eigenvalue weighted by Crippen LogP contribution is -2.29. The predicted molar refractivity (Wildman–Crippen MR) is 107 cm³/mol. The van der Waals surface area contributed by atoms with Crippen molar-refractivity contribution in [2.45, 2.75) is 40.7 Å². The molecule has 1 aromatic carbocycles. The number of nitrogens with one attached hydrogen (secondary N) is 2. The summed E-state index contributed by atoms with van der Waals surface area (Å²) in [6.07, 6.45) is 3.80. The lowest BCUT2D eigenvalue weighted by atomic mass is 10.0. The van der Waals surface area contributed by atoms with Crippen LogP contribution in [0.4, 0.5) is 0 Å². The molecule has 2 aromatic rings. The Morgan fingerprint density at radius 1 is 1.31 bits per heavy atom. The maximum Gasteiger partial charge on any atom is 0.165 e. The molecule has 0 fully saturated rings. The van der Waals surface area contributed by atoms with Crippen molar-refractivity contribution in [2.75, 3.05) is 7.05 Å². The van der Waals surface area contributed by atoms with Crippen molar-refractivity contribution in [1.82, 2.24) is 20.2 Å². The topological polar surface area (TPSA) is 87.0 Å². The third-order valence-corrected chi connectivity index (χ3v) is 3.97. The molecular weight excluding hydrogens is 326 g/mol. The highest BCUT2D eigenvalue weighted by atomic mass is 16.1. The van der Waals surface area contributed by atoms with Gasteiger partial charge in [-0.25, -0.2) is 4.98 Å². The molecule has 0 radical (unpaired) electrons. The van der Waals surface area contributed by atoms with E-state index < -0.39 is 0 Å². The summed E-state index contributed by atoms with van der Waals surface area (Å²) < 4.78 is 0. The molecule has 140 valence electrons. The minimum absolute atomic E-state index is 0.0337. The van der Waals surface area contributed by atoms with E-state index in [1.807, 2.05) is 77.0 Å². The minimum Gasteiger partial charge on any atom is -0.384 e. The molecule has 0 unspecified atom stereocenters. The third kappa shape index (κ3) is 4.45. The highest BCUT2D eigenvalue weighted by Gasteiger charge is 2.14. The molecule has 0 bridgehead atoms. The van der Waals surface area contributed by atoms with Gasteiger partial charge in [-0.2, -0.15) is 0 Å². The summed E-state index contributed by atoms with van der Waals surface area (Å²) in [7, 11) is 1.92. The van der Waals surface area contributed by atoms with Crippen molar-refractivity contribution in [1.29, 1.82) is 0 Å². The number of allylic oxidation sites excluding steroid dienone is 1. The van der Waals surface area contributed by atoms with Crippen molar-refractivity contribution < 1.29 is 4.79 Å².